The third kappa shape index (κ3) is 5.15. The number of amides is 2. The van der Waals surface area contributed by atoms with Crippen molar-refractivity contribution in [2.45, 2.75) is 13.5 Å². The molecule has 190 valence electrons. The number of ether oxygens (including phenoxy) is 1. The number of nitriles is 2. The molecule has 4 aromatic rings. The summed E-state index contributed by atoms with van der Waals surface area (Å²) in [4.78, 5) is 27.4. The first-order chi connectivity index (χ1) is 18.3. The van der Waals surface area contributed by atoms with Crippen LogP contribution >= 0.6 is 11.3 Å². The van der Waals surface area contributed by atoms with Gasteiger partial charge in [0.2, 0.25) is 0 Å². The number of hydrogen-bond acceptors (Lipinski definition) is 6. The highest BCUT2D eigenvalue weighted by atomic mass is 32.1. The first-order valence-electron chi connectivity index (χ1n) is 11.7. The fourth-order valence-corrected chi connectivity index (χ4v) is 5.28. The first kappa shape index (κ1) is 26.2. The minimum Gasteiger partial charge on any atom is -0.497 e. The summed E-state index contributed by atoms with van der Waals surface area (Å²) in [6.07, 6.45) is 3.44. The molecule has 2 aromatic carbocycles. The summed E-state index contributed by atoms with van der Waals surface area (Å²) in [5.41, 5.74) is 3.28. The highest BCUT2D eigenvalue weighted by molar-refractivity contribution is 7.18. The van der Waals surface area contributed by atoms with Crippen molar-refractivity contribution in [3.63, 3.8) is 0 Å². The average molecular weight is 524 g/mol. The third-order valence-corrected chi connectivity index (χ3v) is 7.25. The minimum absolute atomic E-state index is 0.121. The number of benzene rings is 2. The van der Waals surface area contributed by atoms with Crippen molar-refractivity contribution in [2.75, 3.05) is 26.5 Å². The van der Waals surface area contributed by atoms with Crippen LogP contribution in [-0.2, 0) is 11.3 Å². The molecule has 0 bridgehead atoms. The Kier molecular flexibility index (Phi) is 7.61. The maximum atomic E-state index is 13.1. The molecule has 0 saturated carbocycles. The van der Waals surface area contributed by atoms with Crippen LogP contribution in [0, 0.1) is 29.6 Å². The van der Waals surface area contributed by atoms with E-state index in [9.17, 15) is 20.1 Å². The first-order valence-corrected chi connectivity index (χ1v) is 12.5. The zero-order valence-corrected chi connectivity index (χ0v) is 22.2. The lowest BCUT2D eigenvalue weighted by atomic mass is 10.1. The molecule has 0 saturated heterocycles. The number of fused-ring (bicyclic) bond motifs is 1. The van der Waals surface area contributed by atoms with Crippen LogP contribution < -0.4 is 10.1 Å². The summed E-state index contributed by atoms with van der Waals surface area (Å²) in [5.74, 6) is -0.151. The summed E-state index contributed by atoms with van der Waals surface area (Å²) in [6.45, 7) is 2.24. The number of nitrogens with one attached hydrogen (secondary N) is 1. The van der Waals surface area contributed by atoms with E-state index in [-0.39, 0.29) is 22.0 Å². The van der Waals surface area contributed by atoms with Gasteiger partial charge in [-0.1, -0.05) is 30.3 Å². The van der Waals surface area contributed by atoms with E-state index in [1.165, 1.54) is 11.0 Å². The number of aromatic nitrogens is 1. The Labute approximate surface area is 224 Å². The molecule has 0 fully saturated rings. The van der Waals surface area contributed by atoms with Crippen LogP contribution in [0.3, 0.4) is 0 Å². The molecule has 2 aromatic heterocycles. The van der Waals surface area contributed by atoms with Gasteiger partial charge in [-0.2, -0.15) is 10.5 Å². The fourth-order valence-electron chi connectivity index (χ4n) is 4.11. The van der Waals surface area contributed by atoms with Crippen LogP contribution in [0.2, 0.25) is 0 Å². The number of methoxy groups -OCH3 is 1. The lowest BCUT2D eigenvalue weighted by Gasteiger charge is -2.08. The topological polar surface area (TPSA) is 111 Å². The van der Waals surface area contributed by atoms with E-state index in [4.69, 9.17) is 4.74 Å². The zero-order chi connectivity index (χ0) is 27.4. The third-order valence-electron chi connectivity index (χ3n) is 6.06. The highest BCUT2D eigenvalue weighted by Crippen LogP contribution is 2.34. The molecule has 0 unspecified atom stereocenters. The second kappa shape index (κ2) is 11.0. The lowest BCUT2D eigenvalue weighted by molar-refractivity contribution is -0.112. The van der Waals surface area contributed by atoms with Gasteiger partial charge in [0.05, 0.1) is 17.6 Å². The molecule has 1 N–H and O–H groups in total. The average Bonchev–Trinajstić information content (AvgIpc) is 3.42. The van der Waals surface area contributed by atoms with Crippen LogP contribution in [0.1, 0.15) is 31.9 Å². The number of rotatable bonds is 7. The number of para-hydroxylation sites is 1. The van der Waals surface area contributed by atoms with E-state index < -0.39 is 5.91 Å². The molecule has 0 radical (unpaired) electrons. The Balaban J connectivity index is 1.68. The monoisotopic (exact) mass is 523 g/mol. The maximum absolute atomic E-state index is 13.1. The van der Waals surface area contributed by atoms with Gasteiger partial charge in [0, 0.05) is 43.3 Å². The van der Waals surface area contributed by atoms with Crippen LogP contribution in [0.4, 0.5) is 5.00 Å². The van der Waals surface area contributed by atoms with Gasteiger partial charge in [-0.3, -0.25) is 9.59 Å². The lowest BCUT2D eigenvalue weighted by Crippen LogP contribution is -2.21. The Morgan fingerprint density at radius 2 is 1.92 bits per heavy atom. The number of anilines is 1. The Bertz CT molecular complexity index is 1660. The summed E-state index contributed by atoms with van der Waals surface area (Å²) >= 11 is 1.02. The van der Waals surface area contributed by atoms with Gasteiger partial charge in [-0.25, -0.2) is 0 Å². The summed E-state index contributed by atoms with van der Waals surface area (Å²) in [5, 5.41) is 23.3. The second-order valence-corrected chi connectivity index (χ2v) is 9.80. The predicted octanol–water partition coefficient (Wildman–Crippen LogP) is 5.19. The number of carbonyl (C=O) groups excluding carboxylic acids is 2. The summed E-state index contributed by atoms with van der Waals surface area (Å²) in [7, 11) is 4.86. The quantitative estimate of drug-likeness (QED) is 0.265. The SMILES string of the molecule is COc1cccc(Cn2cc(C=C(C#N)C(=O)Nc3sc(C(=O)N(C)C)c(C)c3C#N)c3ccccc32)c1. The van der Waals surface area contributed by atoms with Crippen LogP contribution in [0.15, 0.2) is 60.3 Å². The smallest absolute Gasteiger partial charge is 0.266 e. The number of carbonyl (C=O) groups is 2. The second-order valence-electron chi connectivity index (χ2n) is 8.78. The van der Waals surface area contributed by atoms with Gasteiger partial charge in [-0.05, 0) is 42.3 Å². The molecule has 0 atom stereocenters. The predicted molar refractivity (Wildman–Crippen MR) is 148 cm³/mol. The van der Waals surface area contributed by atoms with Crippen LogP contribution in [0.25, 0.3) is 17.0 Å². The van der Waals surface area contributed by atoms with Crippen molar-refractivity contribution >= 4 is 45.1 Å². The van der Waals surface area contributed by atoms with Crippen molar-refractivity contribution in [3.05, 3.63) is 87.4 Å². The molecule has 2 amide bonds. The van der Waals surface area contributed by atoms with Gasteiger partial charge >= 0.3 is 0 Å². The minimum atomic E-state index is -0.654. The maximum Gasteiger partial charge on any atom is 0.266 e. The largest absolute Gasteiger partial charge is 0.497 e. The van der Waals surface area contributed by atoms with E-state index in [0.717, 1.165) is 33.6 Å². The van der Waals surface area contributed by atoms with Crippen LogP contribution in [-0.4, -0.2) is 42.5 Å². The number of hydrogen-bond donors (Lipinski definition) is 1. The van der Waals surface area contributed by atoms with E-state index >= 15 is 0 Å². The standard InChI is InChI=1S/C29H25N5O3S/c1-18-24(15-31)28(38-26(18)29(36)33(2)3)32-27(35)20(14-30)13-21-17-34(25-11-6-5-10-23(21)25)16-19-8-7-9-22(12-19)37-4/h5-13,17H,16H2,1-4H3,(H,32,35). The van der Waals surface area contributed by atoms with Crippen molar-refractivity contribution < 1.29 is 14.3 Å². The molecule has 0 aliphatic carbocycles. The molecule has 8 nitrogen and oxygen atoms in total. The highest BCUT2D eigenvalue weighted by Gasteiger charge is 2.23. The fraction of sp³-hybridized carbons (Fsp3) is 0.172. The molecule has 4 rings (SSSR count). The van der Waals surface area contributed by atoms with Crippen molar-refractivity contribution in [1.82, 2.24) is 9.47 Å². The summed E-state index contributed by atoms with van der Waals surface area (Å²) in [6, 6.07) is 19.6. The zero-order valence-electron chi connectivity index (χ0n) is 21.4. The van der Waals surface area contributed by atoms with E-state index in [1.807, 2.05) is 60.8 Å². The Morgan fingerprint density at radius 3 is 2.61 bits per heavy atom. The van der Waals surface area contributed by atoms with Gasteiger partial charge in [0.25, 0.3) is 11.8 Å². The molecular formula is C29H25N5O3S. The van der Waals surface area contributed by atoms with Crippen molar-refractivity contribution in [1.29, 1.82) is 10.5 Å². The van der Waals surface area contributed by atoms with E-state index in [1.54, 1.807) is 28.1 Å². The van der Waals surface area contributed by atoms with Gasteiger partial charge in [0.1, 0.15) is 28.5 Å². The molecule has 0 aliphatic heterocycles. The number of nitrogens with zero attached hydrogens (tertiary/aromatic N) is 4. The van der Waals surface area contributed by atoms with Gasteiger partial charge in [0.15, 0.2) is 0 Å². The van der Waals surface area contributed by atoms with E-state index in [0.29, 0.717) is 22.5 Å². The van der Waals surface area contributed by atoms with Gasteiger partial charge < -0.3 is 19.5 Å². The van der Waals surface area contributed by atoms with Crippen molar-refractivity contribution in [3.8, 4) is 17.9 Å². The van der Waals surface area contributed by atoms with Crippen molar-refractivity contribution in [2.24, 2.45) is 0 Å². The number of thiophene rings is 1. The molecule has 9 heteroatoms. The Hall–Kier alpha value is -4.86. The molecule has 2 heterocycles. The summed E-state index contributed by atoms with van der Waals surface area (Å²) < 4.78 is 7.39. The molecule has 0 aliphatic rings. The van der Waals surface area contributed by atoms with Crippen LogP contribution in [0.5, 0.6) is 5.75 Å². The van der Waals surface area contributed by atoms with E-state index in [2.05, 4.69) is 16.0 Å². The molecular weight excluding hydrogens is 498 g/mol. The Morgan fingerprint density at radius 1 is 1.16 bits per heavy atom. The normalized spacial score (nSPS) is 11.1. The molecule has 38 heavy (non-hydrogen) atoms. The van der Waals surface area contributed by atoms with Gasteiger partial charge in [-0.15, -0.1) is 11.3 Å². The molecule has 0 spiro atoms.